The number of nitrogens with two attached hydrogens (primary N) is 1. The first kappa shape index (κ1) is 24.7. The van der Waals surface area contributed by atoms with Crippen LogP contribution in [-0.4, -0.2) is 41.0 Å². The molecule has 0 aromatic heterocycles. The molecule has 0 fully saturated rings. The van der Waals surface area contributed by atoms with E-state index in [0.717, 1.165) is 16.7 Å². The van der Waals surface area contributed by atoms with Gasteiger partial charge >= 0.3 is 5.97 Å². The molecule has 5 N–H and O–H groups in total. The van der Waals surface area contributed by atoms with Crippen LogP contribution in [0.3, 0.4) is 0 Å². The molecular formula is C27H29N3O4. The summed E-state index contributed by atoms with van der Waals surface area (Å²) in [5.74, 6) is -2.20. The highest BCUT2D eigenvalue weighted by Crippen LogP contribution is 2.08. The largest absolute Gasteiger partial charge is 0.480 e. The number of hydrogen-bond acceptors (Lipinski definition) is 4. The quantitative estimate of drug-likeness (QED) is 0.350. The summed E-state index contributed by atoms with van der Waals surface area (Å²) in [6, 6.07) is 24.7. The lowest BCUT2D eigenvalue weighted by Crippen LogP contribution is -2.55. The van der Waals surface area contributed by atoms with E-state index < -0.39 is 35.9 Å². The Morgan fingerprint density at radius 3 is 1.44 bits per heavy atom. The molecule has 0 heterocycles. The number of aliphatic carboxylic acids is 1. The van der Waals surface area contributed by atoms with Gasteiger partial charge in [-0.15, -0.1) is 0 Å². The summed E-state index contributed by atoms with van der Waals surface area (Å²) in [5, 5.41) is 15.0. The normalized spacial score (nSPS) is 13.3. The molecule has 0 spiro atoms. The predicted octanol–water partition coefficient (Wildman–Crippen LogP) is 2.10. The van der Waals surface area contributed by atoms with Crippen molar-refractivity contribution >= 4 is 17.8 Å². The van der Waals surface area contributed by atoms with Gasteiger partial charge in [-0.3, -0.25) is 9.59 Å². The third-order valence-electron chi connectivity index (χ3n) is 5.45. The number of benzene rings is 3. The van der Waals surface area contributed by atoms with E-state index in [4.69, 9.17) is 5.73 Å². The van der Waals surface area contributed by atoms with E-state index in [0.29, 0.717) is 6.42 Å². The summed E-state index contributed by atoms with van der Waals surface area (Å²) in [7, 11) is 0. The number of carboxylic acids is 1. The lowest BCUT2D eigenvalue weighted by atomic mass is 10.0. The molecule has 0 saturated carbocycles. The Morgan fingerprint density at radius 1 is 0.618 bits per heavy atom. The second kappa shape index (κ2) is 12.3. The highest BCUT2D eigenvalue weighted by molar-refractivity contribution is 5.92. The molecule has 34 heavy (non-hydrogen) atoms. The van der Waals surface area contributed by atoms with Gasteiger partial charge in [0.2, 0.25) is 11.8 Å². The molecule has 3 aromatic carbocycles. The first-order chi connectivity index (χ1) is 16.4. The van der Waals surface area contributed by atoms with Crippen molar-refractivity contribution in [2.24, 2.45) is 5.73 Å². The molecule has 0 bridgehead atoms. The zero-order valence-corrected chi connectivity index (χ0v) is 18.8. The average molecular weight is 460 g/mol. The zero-order chi connectivity index (χ0) is 24.3. The van der Waals surface area contributed by atoms with Crippen LogP contribution in [0.1, 0.15) is 16.7 Å². The van der Waals surface area contributed by atoms with Crippen LogP contribution in [0.5, 0.6) is 0 Å². The van der Waals surface area contributed by atoms with Crippen molar-refractivity contribution in [3.63, 3.8) is 0 Å². The number of amides is 2. The van der Waals surface area contributed by atoms with Crippen LogP contribution in [0.15, 0.2) is 91.0 Å². The van der Waals surface area contributed by atoms with Crippen molar-refractivity contribution in [3.05, 3.63) is 108 Å². The monoisotopic (exact) mass is 459 g/mol. The second-order valence-corrected chi connectivity index (χ2v) is 8.14. The van der Waals surface area contributed by atoms with Gasteiger partial charge in [0.1, 0.15) is 12.1 Å². The molecule has 7 heteroatoms. The first-order valence-electron chi connectivity index (χ1n) is 11.1. The molecule has 3 rings (SSSR count). The number of carbonyl (C=O) groups is 3. The van der Waals surface area contributed by atoms with E-state index >= 15 is 0 Å². The fourth-order valence-electron chi connectivity index (χ4n) is 3.62. The molecule has 0 saturated heterocycles. The number of hydrogen-bond donors (Lipinski definition) is 4. The highest BCUT2D eigenvalue weighted by atomic mass is 16.4. The molecule has 2 amide bonds. The Hall–Kier alpha value is -3.97. The van der Waals surface area contributed by atoms with Crippen LogP contribution in [0.25, 0.3) is 0 Å². The van der Waals surface area contributed by atoms with Gasteiger partial charge in [-0.1, -0.05) is 91.0 Å². The lowest BCUT2D eigenvalue weighted by Gasteiger charge is -2.23. The van der Waals surface area contributed by atoms with Crippen molar-refractivity contribution in [1.82, 2.24) is 10.6 Å². The van der Waals surface area contributed by atoms with E-state index in [1.165, 1.54) is 0 Å². The van der Waals surface area contributed by atoms with E-state index in [2.05, 4.69) is 10.6 Å². The Balaban J connectivity index is 1.72. The van der Waals surface area contributed by atoms with Gasteiger partial charge in [0.05, 0.1) is 6.04 Å². The van der Waals surface area contributed by atoms with Gasteiger partial charge in [0.25, 0.3) is 0 Å². The van der Waals surface area contributed by atoms with Gasteiger partial charge in [-0.2, -0.15) is 0 Å². The van der Waals surface area contributed by atoms with E-state index in [-0.39, 0.29) is 12.8 Å². The molecular weight excluding hydrogens is 430 g/mol. The maximum Gasteiger partial charge on any atom is 0.326 e. The van der Waals surface area contributed by atoms with Gasteiger partial charge in [0, 0.05) is 12.8 Å². The molecule has 176 valence electrons. The van der Waals surface area contributed by atoms with Crippen molar-refractivity contribution in [1.29, 1.82) is 0 Å². The molecule has 0 aliphatic rings. The summed E-state index contributed by atoms with van der Waals surface area (Å²) >= 11 is 0. The van der Waals surface area contributed by atoms with Gasteiger partial charge in [-0.05, 0) is 23.1 Å². The molecule has 0 unspecified atom stereocenters. The summed E-state index contributed by atoms with van der Waals surface area (Å²) in [4.78, 5) is 37.8. The maximum absolute atomic E-state index is 13.1. The van der Waals surface area contributed by atoms with Crippen LogP contribution in [0.4, 0.5) is 0 Å². The van der Waals surface area contributed by atoms with Crippen molar-refractivity contribution in [2.45, 2.75) is 37.4 Å². The third-order valence-corrected chi connectivity index (χ3v) is 5.45. The summed E-state index contributed by atoms with van der Waals surface area (Å²) in [6.07, 6.45) is 0.647. The topological polar surface area (TPSA) is 122 Å². The fourth-order valence-corrected chi connectivity index (χ4v) is 3.62. The minimum absolute atomic E-state index is 0.126. The SMILES string of the molecule is N[C@H](Cc1ccccc1)C(=O)N[C@@H](Cc1ccccc1)C(=O)N[C@H](Cc1ccccc1)C(=O)O. The van der Waals surface area contributed by atoms with Crippen LogP contribution >= 0.6 is 0 Å². The Kier molecular flexibility index (Phi) is 8.94. The summed E-state index contributed by atoms with van der Waals surface area (Å²) in [5.41, 5.74) is 8.62. The van der Waals surface area contributed by atoms with Crippen molar-refractivity contribution < 1.29 is 19.5 Å². The minimum Gasteiger partial charge on any atom is -0.480 e. The lowest BCUT2D eigenvalue weighted by molar-refractivity contribution is -0.142. The number of carbonyl (C=O) groups excluding carboxylic acids is 2. The fraction of sp³-hybridized carbons (Fsp3) is 0.222. The minimum atomic E-state index is -1.15. The van der Waals surface area contributed by atoms with Gasteiger partial charge in [0.15, 0.2) is 0 Å². The average Bonchev–Trinajstić information content (AvgIpc) is 2.85. The molecule has 0 aliphatic heterocycles. The van der Waals surface area contributed by atoms with Crippen LogP contribution in [-0.2, 0) is 33.6 Å². The molecule has 3 aromatic rings. The first-order valence-corrected chi connectivity index (χ1v) is 11.1. The summed E-state index contributed by atoms with van der Waals surface area (Å²) in [6.45, 7) is 0. The standard InChI is InChI=1S/C27H29N3O4/c28-22(16-19-10-4-1-5-11-19)25(31)29-23(17-20-12-6-2-7-13-20)26(32)30-24(27(33)34)18-21-14-8-3-9-15-21/h1-15,22-24H,16-18,28H2,(H,29,31)(H,30,32)(H,33,34)/t22-,23+,24-/m1/s1. The predicted molar refractivity (Wildman–Crippen MR) is 130 cm³/mol. The highest BCUT2D eigenvalue weighted by Gasteiger charge is 2.28. The maximum atomic E-state index is 13.1. The number of carboxylic acid groups (broad SMARTS) is 1. The molecule has 0 radical (unpaired) electrons. The Morgan fingerprint density at radius 2 is 1.00 bits per heavy atom. The zero-order valence-electron chi connectivity index (χ0n) is 18.8. The van der Waals surface area contributed by atoms with Gasteiger partial charge in [-0.25, -0.2) is 4.79 Å². The smallest absolute Gasteiger partial charge is 0.326 e. The van der Waals surface area contributed by atoms with E-state index in [1.54, 1.807) is 12.1 Å². The Labute approximate surface area is 199 Å². The molecule has 3 atom stereocenters. The van der Waals surface area contributed by atoms with E-state index in [1.807, 2.05) is 78.9 Å². The summed E-state index contributed by atoms with van der Waals surface area (Å²) < 4.78 is 0. The molecule has 0 aliphatic carbocycles. The molecule has 7 nitrogen and oxygen atoms in total. The van der Waals surface area contributed by atoms with Crippen molar-refractivity contribution in [2.75, 3.05) is 0 Å². The van der Waals surface area contributed by atoms with Crippen molar-refractivity contribution in [3.8, 4) is 0 Å². The second-order valence-electron chi connectivity index (χ2n) is 8.14. The Bertz CT molecular complexity index is 1070. The number of rotatable bonds is 11. The van der Waals surface area contributed by atoms with E-state index in [9.17, 15) is 19.5 Å². The van der Waals surface area contributed by atoms with Gasteiger partial charge < -0.3 is 21.5 Å². The third kappa shape index (κ3) is 7.56. The van der Waals surface area contributed by atoms with Crippen LogP contribution in [0.2, 0.25) is 0 Å². The van der Waals surface area contributed by atoms with Crippen LogP contribution in [0, 0.1) is 0 Å². The number of nitrogens with one attached hydrogen (secondary N) is 2. The van der Waals surface area contributed by atoms with Crippen LogP contribution < -0.4 is 16.4 Å².